The van der Waals surface area contributed by atoms with Crippen LogP contribution in [0, 0.1) is 11.3 Å². The molecule has 1 aliphatic heterocycles. The van der Waals surface area contributed by atoms with Gasteiger partial charge in [-0.15, -0.1) is 0 Å². The first-order valence-electron chi connectivity index (χ1n) is 25.1. The van der Waals surface area contributed by atoms with Crippen molar-refractivity contribution >= 4 is 49.0 Å². The highest BCUT2D eigenvalue weighted by Gasteiger charge is 2.44. The summed E-state index contributed by atoms with van der Waals surface area (Å²) in [5, 5.41) is 13.5. The molecule has 5 aromatic carbocycles. The van der Waals surface area contributed by atoms with Crippen LogP contribution in [0.15, 0.2) is 145 Å². The molecule has 4 unspecified atom stereocenters. The highest BCUT2D eigenvalue weighted by Crippen LogP contribution is 2.50. The maximum Gasteiger partial charge on any atom is 0.408 e. The van der Waals surface area contributed by atoms with E-state index in [4.69, 9.17) is 55.9 Å². The van der Waals surface area contributed by atoms with Crippen LogP contribution in [-0.2, 0) is 34.5 Å². The molecular formula is C57H62Cl2N7O9P. The molecule has 8 rings (SSSR count). The van der Waals surface area contributed by atoms with Gasteiger partial charge in [0.1, 0.15) is 29.4 Å². The van der Waals surface area contributed by atoms with Crippen LogP contribution in [0.4, 0.5) is 4.79 Å². The van der Waals surface area contributed by atoms with E-state index in [0.29, 0.717) is 44.7 Å². The van der Waals surface area contributed by atoms with E-state index in [9.17, 15) is 14.9 Å². The minimum absolute atomic E-state index is 0.0188. The molecule has 1 saturated heterocycles. The second-order valence-corrected chi connectivity index (χ2v) is 21.0. The molecule has 0 saturated carbocycles. The van der Waals surface area contributed by atoms with E-state index in [1.165, 1.54) is 12.7 Å². The quantitative estimate of drug-likeness (QED) is 0.0331. The summed E-state index contributed by atoms with van der Waals surface area (Å²) in [7, 11) is 1.53. The lowest BCUT2D eigenvalue weighted by atomic mass is 9.79. The summed E-state index contributed by atoms with van der Waals surface area (Å²) in [5.74, 6) is 1.40. The summed E-state index contributed by atoms with van der Waals surface area (Å²) in [6.07, 6.45) is 1.04. The van der Waals surface area contributed by atoms with Gasteiger partial charge in [-0.1, -0.05) is 102 Å². The summed E-state index contributed by atoms with van der Waals surface area (Å²) in [6, 6.07) is 42.3. The molecule has 19 heteroatoms. The molecule has 0 spiro atoms. The monoisotopic (exact) mass is 1090 g/mol. The number of amides is 1. The van der Waals surface area contributed by atoms with Crippen molar-refractivity contribution in [2.45, 2.75) is 95.1 Å². The summed E-state index contributed by atoms with van der Waals surface area (Å²) in [5.41, 5.74) is 1.52. The van der Waals surface area contributed by atoms with Crippen molar-refractivity contribution in [2.75, 3.05) is 34.0 Å². The topological polar surface area (TPSA) is 184 Å². The normalized spacial score (nSPS) is 16.3. The fourth-order valence-corrected chi connectivity index (χ4v) is 11.7. The number of imidazole rings is 1. The minimum atomic E-state index is -1.73. The molecule has 4 atom stereocenters. The largest absolute Gasteiger partial charge is 0.497 e. The number of methoxy groups -OCH3 is 2. The molecule has 16 nitrogen and oxygen atoms in total. The van der Waals surface area contributed by atoms with Gasteiger partial charge in [-0.25, -0.2) is 19.4 Å². The smallest absolute Gasteiger partial charge is 0.408 e. The van der Waals surface area contributed by atoms with E-state index in [-0.39, 0.29) is 56.6 Å². The van der Waals surface area contributed by atoms with Gasteiger partial charge in [-0.2, -0.15) is 5.26 Å². The van der Waals surface area contributed by atoms with Gasteiger partial charge in [0.15, 0.2) is 16.8 Å². The summed E-state index contributed by atoms with van der Waals surface area (Å²) in [4.78, 5) is 38.8. The first kappa shape index (κ1) is 55.8. The highest BCUT2D eigenvalue weighted by atomic mass is 35.5. The summed E-state index contributed by atoms with van der Waals surface area (Å²) >= 11 is 13.0. The van der Waals surface area contributed by atoms with E-state index in [0.717, 1.165) is 16.7 Å². The van der Waals surface area contributed by atoms with Gasteiger partial charge < -0.3 is 43.0 Å². The highest BCUT2D eigenvalue weighted by molar-refractivity contribution is 7.44. The first-order chi connectivity index (χ1) is 36.8. The number of nitriles is 1. The predicted molar refractivity (Wildman–Crippen MR) is 292 cm³/mol. The zero-order valence-corrected chi connectivity index (χ0v) is 45.6. The van der Waals surface area contributed by atoms with E-state index in [1.807, 2.05) is 103 Å². The van der Waals surface area contributed by atoms with Crippen LogP contribution in [0.2, 0.25) is 10.0 Å². The van der Waals surface area contributed by atoms with E-state index >= 15 is 0 Å². The number of carbonyl (C=O) groups is 1. The maximum atomic E-state index is 14.8. The Morgan fingerprint density at radius 3 is 1.95 bits per heavy atom. The molecule has 398 valence electrons. The lowest BCUT2D eigenvalue weighted by Gasteiger charge is -2.38. The number of nitrogens with one attached hydrogen (secondary N) is 2. The molecule has 1 fully saturated rings. The van der Waals surface area contributed by atoms with E-state index in [1.54, 1.807) is 43.1 Å². The number of alkyl carbamates (subject to hydrolysis) is 1. The Morgan fingerprint density at radius 1 is 0.829 bits per heavy atom. The molecule has 0 aliphatic carbocycles. The Hall–Kier alpha value is -6.38. The zero-order chi connectivity index (χ0) is 53.8. The zero-order valence-electron chi connectivity index (χ0n) is 43.2. The van der Waals surface area contributed by atoms with Gasteiger partial charge in [0.2, 0.25) is 0 Å². The number of rotatable bonds is 24. The standard InChI is InChI=1S/C57H62Cl2N7O9P/c1-38(2)66(39(3)4)76(72-33-11-31-60)75-49-34-51(65-37-64-52-53(65)62-36-63-54(52)67)73-50(49)35-61-55(68)74-56(40-14-22-45(58)23-15-40,41-16-24-46(59)25-17-41)30-10-32-71-57(42-12-8-7-9-13-42,43-18-26-47(69-5)27-19-43)44-20-28-48(70-6)29-21-44/h7-9,12-29,36-39,49-51H,10-11,30,32-35H2,1-6H3,(H,61,68)(H,62,63,67). The van der Waals surface area contributed by atoms with E-state index < -0.39 is 49.8 Å². The first-order valence-corrected chi connectivity index (χ1v) is 27.0. The number of nitrogens with zero attached hydrogens (tertiary/aromatic N) is 5. The fraction of sp³-hybridized carbons (Fsp3) is 0.351. The third kappa shape index (κ3) is 12.6. The van der Waals surface area contributed by atoms with Crippen molar-refractivity contribution in [3.8, 4) is 17.6 Å². The van der Waals surface area contributed by atoms with Gasteiger partial charge in [-0.05, 0) is 106 Å². The molecule has 7 aromatic rings. The van der Waals surface area contributed by atoms with E-state index in [2.05, 4.69) is 58.7 Å². The fourth-order valence-electron chi connectivity index (χ4n) is 9.71. The Labute approximate surface area is 454 Å². The van der Waals surface area contributed by atoms with Crippen molar-refractivity contribution in [3.63, 3.8) is 0 Å². The minimum Gasteiger partial charge on any atom is -0.497 e. The number of ether oxygens (including phenoxy) is 5. The second-order valence-electron chi connectivity index (χ2n) is 18.7. The lowest BCUT2D eigenvalue weighted by molar-refractivity contribution is -0.0210. The second kappa shape index (κ2) is 25.6. The molecule has 0 radical (unpaired) electrons. The molecule has 1 aliphatic rings. The number of aromatic amines is 1. The number of hydrogen-bond donors (Lipinski definition) is 2. The van der Waals surface area contributed by atoms with Crippen LogP contribution >= 0.6 is 31.7 Å². The summed E-state index contributed by atoms with van der Waals surface area (Å²) in [6.45, 7) is 8.50. The van der Waals surface area contributed by atoms with Crippen LogP contribution < -0.4 is 20.3 Å². The number of carbonyl (C=O) groups excluding carboxylic acids is 1. The van der Waals surface area contributed by atoms with Gasteiger partial charge in [0, 0.05) is 52.8 Å². The Kier molecular flexibility index (Phi) is 18.8. The van der Waals surface area contributed by atoms with Crippen LogP contribution in [0.5, 0.6) is 11.5 Å². The third-order valence-electron chi connectivity index (χ3n) is 13.2. The Bertz CT molecular complexity index is 2980. The Morgan fingerprint density at radius 2 is 1.39 bits per heavy atom. The maximum absolute atomic E-state index is 14.8. The number of aromatic nitrogens is 4. The van der Waals surface area contributed by atoms with Crippen molar-refractivity contribution in [1.29, 1.82) is 5.26 Å². The number of H-pyrrole nitrogens is 1. The average Bonchev–Trinajstić information content (AvgIpc) is 4.10. The molecular weight excluding hydrogens is 1030 g/mol. The van der Waals surface area contributed by atoms with Gasteiger partial charge in [0.25, 0.3) is 14.1 Å². The molecule has 2 aromatic heterocycles. The van der Waals surface area contributed by atoms with Crippen molar-refractivity contribution in [3.05, 3.63) is 188 Å². The molecule has 2 N–H and O–H groups in total. The predicted octanol–water partition coefficient (Wildman–Crippen LogP) is 11.9. The number of halogens is 2. The van der Waals surface area contributed by atoms with Crippen molar-refractivity contribution in [1.82, 2.24) is 29.5 Å². The molecule has 3 heterocycles. The van der Waals surface area contributed by atoms with Crippen molar-refractivity contribution in [2.24, 2.45) is 0 Å². The number of fused-ring (bicyclic) bond motifs is 1. The van der Waals surface area contributed by atoms with Crippen LogP contribution in [0.25, 0.3) is 11.2 Å². The molecule has 0 bridgehead atoms. The Balaban J connectivity index is 1.12. The van der Waals surface area contributed by atoms with Gasteiger partial charge in [0.05, 0.1) is 52.1 Å². The number of hydrogen-bond acceptors (Lipinski definition) is 13. The van der Waals surface area contributed by atoms with Crippen LogP contribution in [0.3, 0.4) is 0 Å². The lowest BCUT2D eigenvalue weighted by Crippen LogP contribution is -2.43. The average molecular weight is 1090 g/mol. The SMILES string of the molecule is COc1ccc(C(OCCCC(OC(=O)NCC2OC(n3cnc4c(=O)[nH]cnc43)CC2OP(OCCC#N)N(C(C)C)C(C)C)(c2ccc(Cl)cc2)c2ccc(Cl)cc2)(c2ccccc2)c2ccc(OC)cc2)cc1. The number of benzene rings is 5. The summed E-state index contributed by atoms with van der Waals surface area (Å²) < 4.78 is 49.0. The van der Waals surface area contributed by atoms with Crippen LogP contribution in [-0.4, -0.2) is 88.6 Å². The molecule has 76 heavy (non-hydrogen) atoms. The van der Waals surface area contributed by atoms with Gasteiger partial charge >= 0.3 is 6.09 Å². The van der Waals surface area contributed by atoms with Crippen LogP contribution in [0.1, 0.15) is 87.4 Å². The molecule has 1 amide bonds. The third-order valence-corrected chi connectivity index (χ3v) is 15.9. The van der Waals surface area contributed by atoms with Crippen molar-refractivity contribution < 1.29 is 37.5 Å². The van der Waals surface area contributed by atoms with Gasteiger partial charge in [-0.3, -0.25) is 9.36 Å².